The number of H-pyrrole nitrogens is 1. The third kappa shape index (κ3) is 1.00. The second-order valence-electron chi connectivity index (χ2n) is 2.98. The van der Waals surface area contributed by atoms with Crippen LogP contribution in [0.5, 0.6) is 5.88 Å². The van der Waals surface area contributed by atoms with E-state index in [9.17, 15) is 5.11 Å². The van der Waals surface area contributed by atoms with Crippen molar-refractivity contribution < 1.29 is 5.11 Å². The van der Waals surface area contributed by atoms with Crippen molar-refractivity contribution in [2.75, 3.05) is 5.73 Å². The van der Waals surface area contributed by atoms with E-state index < -0.39 is 0 Å². The molecule has 0 fully saturated rings. The van der Waals surface area contributed by atoms with E-state index in [1.165, 1.54) is 0 Å². The minimum absolute atomic E-state index is 0.0249. The Labute approximate surface area is 74.6 Å². The fourth-order valence-corrected chi connectivity index (χ4v) is 1.20. The molecule has 0 saturated heterocycles. The van der Waals surface area contributed by atoms with Crippen LogP contribution in [0.2, 0.25) is 0 Å². The number of aromatic hydroxyl groups is 1. The molecule has 13 heavy (non-hydrogen) atoms. The molecule has 0 spiro atoms. The fourth-order valence-electron chi connectivity index (χ4n) is 1.20. The topological polar surface area (TPSA) is 87.8 Å². The van der Waals surface area contributed by atoms with Crippen LogP contribution < -0.4 is 5.73 Å². The van der Waals surface area contributed by atoms with Crippen molar-refractivity contribution in [2.45, 2.75) is 13.8 Å². The monoisotopic (exact) mass is 178 g/mol. The molecule has 0 radical (unpaired) electrons. The molecular formula is C8H10N4O. The molecule has 0 amide bonds. The van der Waals surface area contributed by atoms with Gasteiger partial charge >= 0.3 is 0 Å². The maximum Gasteiger partial charge on any atom is 0.218 e. The van der Waals surface area contributed by atoms with Crippen molar-refractivity contribution in [3.63, 3.8) is 0 Å². The van der Waals surface area contributed by atoms with Gasteiger partial charge in [-0.2, -0.15) is 0 Å². The highest BCUT2D eigenvalue weighted by molar-refractivity contribution is 5.90. The summed E-state index contributed by atoms with van der Waals surface area (Å²) < 4.78 is 0. The zero-order valence-electron chi connectivity index (χ0n) is 7.42. The van der Waals surface area contributed by atoms with Crippen molar-refractivity contribution >= 4 is 16.9 Å². The van der Waals surface area contributed by atoms with Crippen LogP contribution in [-0.4, -0.2) is 20.1 Å². The Morgan fingerprint density at radius 2 is 1.69 bits per heavy atom. The second-order valence-corrected chi connectivity index (χ2v) is 2.98. The van der Waals surface area contributed by atoms with Gasteiger partial charge in [-0.25, -0.2) is 9.97 Å². The zero-order valence-corrected chi connectivity index (χ0v) is 7.42. The van der Waals surface area contributed by atoms with Crippen LogP contribution in [0.4, 0.5) is 5.82 Å². The van der Waals surface area contributed by atoms with Crippen LogP contribution in [0, 0.1) is 13.8 Å². The SMILES string of the molecule is Cc1nc2c(N)[nH]c(O)c2nc1C. The van der Waals surface area contributed by atoms with Gasteiger partial charge in [0, 0.05) is 0 Å². The molecule has 0 aliphatic rings. The number of rotatable bonds is 0. The molecule has 0 unspecified atom stereocenters. The van der Waals surface area contributed by atoms with E-state index in [1.807, 2.05) is 13.8 Å². The highest BCUT2D eigenvalue weighted by atomic mass is 16.3. The summed E-state index contributed by atoms with van der Waals surface area (Å²) >= 11 is 0. The summed E-state index contributed by atoms with van der Waals surface area (Å²) in [6.07, 6.45) is 0. The van der Waals surface area contributed by atoms with Gasteiger partial charge in [-0.05, 0) is 13.8 Å². The Morgan fingerprint density at radius 3 is 2.31 bits per heavy atom. The smallest absolute Gasteiger partial charge is 0.218 e. The van der Waals surface area contributed by atoms with Crippen molar-refractivity contribution in [3.05, 3.63) is 11.4 Å². The molecule has 0 saturated carbocycles. The van der Waals surface area contributed by atoms with E-state index in [0.29, 0.717) is 16.9 Å². The maximum absolute atomic E-state index is 9.37. The number of anilines is 1. The first kappa shape index (κ1) is 7.85. The fraction of sp³-hybridized carbons (Fsp3) is 0.250. The predicted octanol–water partition coefficient (Wildman–Crippen LogP) is 0.863. The van der Waals surface area contributed by atoms with Crippen molar-refractivity contribution in [3.8, 4) is 5.88 Å². The van der Waals surface area contributed by atoms with Gasteiger partial charge in [0.1, 0.15) is 11.3 Å². The summed E-state index contributed by atoms with van der Waals surface area (Å²) in [6, 6.07) is 0. The summed E-state index contributed by atoms with van der Waals surface area (Å²) in [4.78, 5) is 11.0. The van der Waals surface area contributed by atoms with Crippen LogP contribution in [0.1, 0.15) is 11.4 Å². The van der Waals surface area contributed by atoms with E-state index in [0.717, 1.165) is 11.4 Å². The van der Waals surface area contributed by atoms with E-state index in [4.69, 9.17) is 5.73 Å². The van der Waals surface area contributed by atoms with E-state index in [-0.39, 0.29) is 5.88 Å². The molecule has 2 aromatic rings. The third-order valence-electron chi connectivity index (χ3n) is 2.04. The summed E-state index contributed by atoms with van der Waals surface area (Å²) in [7, 11) is 0. The molecule has 2 heterocycles. The molecule has 0 aliphatic heterocycles. The van der Waals surface area contributed by atoms with Gasteiger partial charge in [0.15, 0.2) is 5.52 Å². The number of nitrogens with one attached hydrogen (secondary N) is 1. The zero-order chi connectivity index (χ0) is 9.59. The van der Waals surface area contributed by atoms with Crippen molar-refractivity contribution in [2.24, 2.45) is 0 Å². The minimum atomic E-state index is -0.0249. The quantitative estimate of drug-likeness (QED) is 0.558. The van der Waals surface area contributed by atoms with Crippen molar-refractivity contribution in [1.82, 2.24) is 15.0 Å². The number of hydrogen-bond acceptors (Lipinski definition) is 4. The summed E-state index contributed by atoms with van der Waals surface area (Å²) in [5, 5.41) is 9.37. The molecule has 5 heteroatoms. The van der Waals surface area contributed by atoms with Crippen LogP contribution in [0.25, 0.3) is 11.0 Å². The van der Waals surface area contributed by atoms with Crippen LogP contribution in [-0.2, 0) is 0 Å². The van der Waals surface area contributed by atoms with E-state index in [2.05, 4.69) is 15.0 Å². The number of nitrogens with zero attached hydrogens (tertiary/aromatic N) is 2. The number of nitrogens with two attached hydrogens (primary N) is 1. The summed E-state index contributed by atoms with van der Waals surface area (Å²) in [6.45, 7) is 3.69. The Bertz CT molecular complexity index is 432. The van der Waals surface area contributed by atoms with Crippen LogP contribution in [0.15, 0.2) is 0 Å². The maximum atomic E-state index is 9.37. The van der Waals surface area contributed by atoms with Crippen LogP contribution in [0.3, 0.4) is 0 Å². The van der Waals surface area contributed by atoms with Crippen LogP contribution >= 0.6 is 0 Å². The average molecular weight is 178 g/mol. The molecule has 2 aromatic heterocycles. The number of aryl methyl sites for hydroxylation is 2. The standard InChI is InChI=1S/C8H10N4O/c1-3-4(2)11-6-5(10-3)7(9)12-8(6)13/h12-13H,9H2,1-2H3. The lowest BCUT2D eigenvalue weighted by Crippen LogP contribution is -1.93. The number of fused-ring (bicyclic) bond motifs is 1. The molecule has 0 bridgehead atoms. The Balaban J connectivity index is 2.91. The normalized spacial score (nSPS) is 10.9. The van der Waals surface area contributed by atoms with Gasteiger partial charge in [-0.3, -0.25) is 0 Å². The largest absolute Gasteiger partial charge is 0.493 e. The van der Waals surface area contributed by atoms with E-state index >= 15 is 0 Å². The molecule has 2 rings (SSSR count). The summed E-state index contributed by atoms with van der Waals surface area (Å²) in [5.74, 6) is 0.325. The number of nitrogen functional groups attached to an aromatic ring is 1. The first-order chi connectivity index (χ1) is 6.09. The second kappa shape index (κ2) is 2.35. The van der Waals surface area contributed by atoms with Gasteiger partial charge in [0.25, 0.3) is 0 Å². The highest BCUT2D eigenvalue weighted by Gasteiger charge is 2.11. The van der Waals surface area contributed by atoms with Gasteiger partial charge < -0.3 is 15.8 Å². The highest BCUT2D eigenvalue weighted by Crippen LogP contribution is 2.26. The van der Waals surface area contributed by atoms with Crippen molar-refractivity contribution in [1.29, 1.82) is 0 Å². The molecule has 4 N–H and O–H groups in total. The molecule has 0 aromatic carbocycles. The Morgan fingerprint density at radius 1 is 1.15 bits per heavy atom. The molecule has 68 valence electrons. The molecule has 5 nitrogen and oxygen atoms in total. The predicted molar refractivity (Wildman–Crippen MR) is 49.4 cm³/mol. The number of aromatic nitrogens is 3. The molecular weight excluding hydrogens is 168 g/mol. The van der Waals surface area contributed by atoms with Gasteiger partial charge in [-0.1, -0.05) is 0 Å². The summed E-state index contributed by atoms with van der Waals surface area (Å²) in [5.41, 5.74) is 8.15. The average Bonchev–Trinajstić information content (AvgIpc) is 2.31. The lowest BCUT2D eigenvalue weighted by Gasteiger charge is -1.97. The lowest BCUT2D eigenvalue weighted by molar-refractivity contribution is 0.462. The first-order valence-electron chi connectivity index (χ1n) is 3.91. The minimum Gasteiger partial charge on any atom is -0.493 e. The Hall–Kier alpha value is -1.78. The lowest BCUT2D eigenvalue weighted by atomic mass is 10.3. The van der Waals surface area contributed by atoms with Gasteiger partial charge in [0.2, 0.25) is 5.88 Å². The number of aromatic amines is 1. The molecule has 0 atom stereocenters. The first-order valence-corrected chi connectivity index (χ1v) is 3.91. The Kier molecular flexibility index (Phi) is 1.42. The third-order valence-corrected chi connectivity index (χ3v) is 2.04. The number of hydrogen-bond donors (Lipinski definition) is 3. The van der Waals surface area contributed by atoms with E-state index in [1.54, 1.807) is 0 Å². The molecule has 0 aliphatic carbocycles. The van der Waals surface area contributed by atoms with Gasteiger partial charge in [-0.15, -0.1) is 0 Å². The van der Waals surface area contributed by atoms with Gasteiger partial charge in [0.05, 0.1) is 11.4 Å².